The van der Waals surface area contributed by atoms with E-state index in [1.165, 1.54) is 7.11 Å². The van der Waals surface area contributed by atoms with Crippen molar-refractivity contribution in [3.8, 4) is 0 Å². The Morgan fingerprint density at radius 3 is 2.62 bits per heavy atom. The average molecular weight is 372 g/mol. The Morgan fingerprint density at radius 1 is 1.43 bits per heavy atom. The molecule has 0 saturated carbocycles. The number of thiocarbonyl (C=S) groups is 1. The Hall–Kier alpha value is -1.18. The lowest BCUT2D eigenvalue weighted by Crippen LogP contribution is -2.48. The van der Waals surface area contributed by atoms with E-state index in [-0.39, 0.29) is 11.9 Å². The van der Waals surface area contributed by atoms with Gasteiger partial charge in [-0.25, -0.2) is 5.43 Å². The van der Waals surface area contributed by atoms with Crippen molar-refractivity contribution in [2.24, 2.45) is 0 Å². The summed E-state index contributed by atoms with van der Waals surface area (Å²) in [4.78, 5) is 11.7. The minimum Gasteiger partial charge on any atom is -0.469 e. The fraction of sp³-hybridized carbons (Fsp3) is 0.429. The molecule has 0 amide bonds. The standard InChI is InChI=1S/C14H18BrN3O2S/c1-14(16-13(21)17-18-14)8-10(7-12(19)20-2)9-3-5-11(15)6-4-9/h3-6,10,18H,7-8H2,1-2H3,(H2,16,17,21). The molecule has 0 aliphatic carbocycles. The first-order chi connectivity index (χ1) is 9.92. The molecule has 2 unspecified atom stereocenters. The zero-order valence-electron chi connectivity index (χ0n) is 11.9. The summed E-state index contributed by atoms with van der Waals surface area (Å²) in [5, 5.41) is 3.74. The number of hydrogen-bond acceptors (Lipinski definition) is 4. The first-order valence-corrected chi connectivity index (χ1v) is 7.79. The number of carbonyl (C=O) groups excluding carboxylic acids is 1. The molecule has 1 aromatic carbocycles. The molecule has 1 aliphatic heterocycles. The number of hydrogen-bond donors (Lipinski definition) is 3. The normalized spacial score (nSPS) is 22.3. The summed E-state index contributed by atoms with van der Waals surface area (Å²) in [5.41, 5.74) is 6.70. The molecule has 2 rings (SSSR count). The summed E-state index contributed by atoms with van der Waals surface area (Å²) >= 11 is 8.50. The molecule has 3 N–H and O–H groups in total. The van der Waals surface area contributed by atoms with Gasteiger partial charge in [-0.1, -0.05) is 28.1 Å². The number of esters is 1. The molecule has 1 saturated heterocycles. The molecule has 1 aromatic rings. The molecule has 0 bridgehead atoms. The van der Waals surface area contributed by atoms with Crippen molar-refractivity contribution in [3.63, 3.8) is 0 Å². The van der Waals surface area contributed by atoms with E-state index in [1.807, 2.05) is 31.2 Å². The number of methoxy groups -OCH3 is 1. The van der Waals surface area contributed by atoms with Crippen LogP contribution in [0, 0.1) is 0 Å². The number of halogens is 1. The second-order valence-electron chi connectivity index (χ2n) is 5.27. The van der Waals surface area contributed by atoms with Crippen LogP contribution in [0.1, 0.15) is 31.2 Å². The lowest BCUT2D eigenvalue weighted by atomic mass is 9.87. The van der Waals surface area contributed by atoms with Gasteiger partial charge in [0.05, 0.1) is 13.5 Å². The fourth-order valence-corrected chi connectivity index (χ4v) is 2.97. The Kier molecular flexibility index (Phi) is 5.18. The van der Waals surface area contributed by atoms with Gasteiger partial charge < -0.3 is 10.1 Å². The van der Waals surface area contributed by atoms with Crippen LogP contribution < -0.4 is 16.2 Å². The van der Waals surface area contributed by atoms with Crippen molar-refractivity contribution in [1.29, 1.82) is 0 Å². The molecular weight excluding hydrogens is 354 g/mol. The lowest BCUT2D eigenvalue weighted by molar-refractivity contribution is -0.141. The summed E-state index contributed by atoms with van der Waals surface area (Å²) < 4.78 is 5.82. The molecule has 5 nitrogen and oxygen atoms in total. The molecule has 7 heteroatoms. The number of rotatable bonds is 5. The number of carbonyl (C=O) groups is 1. The molecule has 0 aromatic heterocycles. The Labute approximate surface area is 137 Å². The SMILES string of the molecule is COC(=O)CC(CC1(C)NNC(=S)N1)c1ccc(Br)cc1. The molecule has 1 aliphatic rings. The molecule has 21 heavy (non-hydrogen) atoms. The van der Waals surface area contributed by atoms with Gasteiger partial charge in [-0.05, 0) is 49.2 Å². The van der Waals surface area contributed by atoms with Crippen LogP contribution in [0.15, 0.2) is 28.7 Å². The third kappa shape index (κ3) is 4.39. The monoisotopic (exact) mass is 371 g/mol. The maximum Gasteiger partial charge on any atom is 0.306 e. The highest BCUT2D eigenvalue weighted by Crippen LogP contribution is 2.30. The second kappa shape index (κ2) is 6.72. The van der Waals surface area contributed by atoms with Crippen molar-refractivity contribution >= 4 is 39.2 Å². The van der Waals surface area contributed by atoms with Crippen LogP contribution in [0.2, 0.25) is 0 Å². The van der Waals surface area contributed by atoms with Crippen molar-refractivity contribution in [1.82, 2.24) is 16.2 Å². The van der Waals surface area contributed by atoms with Crippen LogP contribution in [0.3, 0.4) is 0 Å². The Balaban J connectivity index is 2.17. The summed E-state index contributed by atoms with van der Waals surface area (Å²) in [6.07, 6.45) is 1.01. The highest BCUT2D eigenvalue weighted by Gasteiger charge is 2.34. The zero-order valence-corrected chi connectivity index (χ0v) is 14.3. The molecule has 0 radical (unpaired) electrons. The van der Waals surface area contributed by atoms with E-state index >= 15 is 0 Å². The quantitative estimate of drug-likeness (QED) is 0.544. The Morgan fingerprint density at radius 2 is 2.10 bits per heavy atom. The third-order valence-electron chi connectivity index (χ3n) is 3.48. The summed E-state index contributed by atoms with van der Waals surface area (Å²) in [5.74, 6) is -0.196. The predicted molar refractivity (Wildman–Crippen MR) is 88.5 cm³/mol. The number of benzene rings is 1. The highest BCUT2D eigenvalue weighted by atomic mass is 79.9. The van der Waals surface area contributed by atoms with Crippen LogP contribution in [-0.2, 0) is 9.53 Å². The third-order valence-corrected chi connectivity index (χ3v) is 4.21. The van der Waals surface area contributed by atoms with Crippen molar-refractivity contribution < 1.29 is 9.53 Å². The molecule has 2 atom stereocenters. The van der Waals surface area contributed by atoms with Gasteiger partial charge >= 0.3 is 5.97 Å². The molecule has 1 heterocycles. The van der Waals surface area contributed by atoms with E-state index in [1.54, 1.807) is 0 Å². The molecular formula is C14H18BrN3O2S. The predicted octanol–water partition coefficient (Wildman–Crippen LogP) is 2.18. The van der Waals surface area contributed by atoms with Crippen LogP contribution >= 0.6 is 28.1 Å². The van der Waals surface area contributed by atoms with E-state index < -0.39 is 5.66 Å². The summed E-state index contributed by atoms with van der Waals surface area (Å²) in [6, 6.07) is 7.98. The maximum absolute atomic E-state index is 11.7. The number of hydrazine groups is 1. The van der Waals surface area contributed by atoms with E-state index in [2.05, 4.69) is 32.1 Å². The molecule has 0 spiro atoms. The first kappa shape index (κ1) is 16.2. The van der Waals surface area contributed by atoms with Gasteiger partial charge in [-0.2, -0.15) is 0 Å². The van der Waals surface area contributed by atoms with Gasteiger partial charge in [0.1, 0.15) is 5.66 Å². The smallest absolute Gasteiger partial charge is 0.306 e. The largest absolute Gasteiger partial charge is 0.469 e. The van der Waals surface area contributed by atoms with Crippen molar-refractivity contribution in [2.75, 3.05) is 7.11 Å². The zero-order chi connectivity index (χ0) is 15.5. The van der Waals surface area contributed by atoms with Gasteiger partial charge in [0, 0.05) is 4.47 Å². The number of ether oxygens (including phenoxy) is 1. The lowest BCUT2D eigenvalue weighted by Gasteiger charge is -2.28. The van der Waals surface area contributed by atoms with Gasteiger partial charge in [-0.15, -0.1) is 0 Å². The van der Waals surface area contributed by atoms with Crippen molar-refractivity contribution in [3.05, 3.63) is 34.3 Å². The first-order valence-electron chi connectivity index (χ1n) is 6.59. The van der Waals surface area contributed by atoms with Crippen LogP contribution in [0.5, 0.6) is 0 Å². The van der Waals surface area contributed by atoms with Crippen LogP contribution in [0.25, 0.3) is 0 Å². The highest BCUT2D eigenvalue weighted by molar-refractivity contribution is 9.10. The van der Waals surface area contributed by atoms with Gasteiger partial charge in [0.15, 0.2) is 5.11 Å². The Bertz CT molecular complexity index is 538. The van der Waals surface area contributed by atoms with Crippen molar-refractivity contribution in [2.45, 2.75) is 31.3 Å². The molecule has 114 valence electrons. The average Bonchev–Trinajstić information content (AvgIpc) is 2.78. The minimum atomic E-state index is -0.400. The maximum atomic E-state index is 11.7. The topological polar surface area (TPSA) is 62.4 Å². The van der Waals surface area contributed by atoms with E-state index in [0.29, 0.717) is 18.0 Å². The second-order valence-corrected chi connectivity index (χ2v) is 6.59. The molecule has 1 fully saturated rings. The van der Waals surface area contributed by atoms with Gasteiger partial charge in [-0.3, -0.25) is 10.2 Å². The van der Waals surface area contributed by atoms with Crippen LogP contribution in [-0.4, -0.2) is 23.9 Å². The van der Waals surface area contributed by atoms with Crippen LogP contribution in [0.4, 0.5) is 0 Å². The van der Waals surface area contributed by atoms with E-state index in [4.69, 9.17) is 17.0 Å². The minimum absolute atomic E-state index is 0.0262. The summed E-state index contributed by atoms with van der Waals surface area (Å²) in [6.45, 7) is 2.00. The number of nitrogens with one attached hydrogen (secondary N) is 3. The fourth-order valence-electron chi connectivity index (χ4n) is 2.43. The van der Waals surface area contributed by atoms with E-state index in [9.17, 15) is 4.79 Å². The van der Waals surface area contributed by atoms with Gasteiger partial charge in [0.2, 0.25) is 0 Å². The van der Waals surface area contributed by atoms with E-state index in [0.717, 1.165) is 10.0 Å². The van der Waals surface area contributed by atoms with Gasteiger partial charge in [0.25, 0.3) is 0 Å². The summed E-state index contributed by atoms with van der Waals surface area (Å²) in [7, 11) is 1.41.